The fourth-order valence-corrected chi connectivity index (χ4v) is 2.88. The second-order valence-electron chi connectivity index (χ2n) is 5.93. The minimum Gasteiger partial charge on any atom is -0.454 e. The summed E-state index contributed by atoms with van der Waals surface area (Å²) in [6.07, 6.45) is 0.569. The maximum atomic E-state index is 13.9. The Hall–Kier alpha value is -3.42. The van der Waals surface area contributed by atoms with Crippen LogP contribution in [0.15, 0.2) is 36.4 Å². The molecule has 0 atom stereocenters. The first kappa shape index (κ1) is 17.0. The van der Waals surface area contributed by atoms with Crippen LogP contribution in [0.3, 0.4) is 0 Å². The van der Waals surface area contributed by atoms with Crippen LogP contribution in [-0.4, -0.2) is 22.9 Å². The SMILES string of the molecule is CCc1[nH]nc(-c2ccc3c(c2)OCO3)c1NC(=O)c1ccc(F)cc1F. The number of hydrogen-bond acceptors (Lipinski definition) is 4. The first-order chi connectivity index (χ1) is 13.1. The number of benzene rings is 2. The van der Waals surface area contributed by atoms with Gasteiger partial charge in [-0.1, -0.05) is 6.92 Å². The number of H-pyrrole nitrogens is 1. The number of carbonyl (C=O) groups is 1. The second-order valence-corrected chi connectivity index (χ2v) is 5.93. The third kappa shape index (κ3) is 3.10. The second kappa shape index (κ2) is 6.71. The van der Waals surface area contributed by atoms with Crippen molar-refractivity contribution >= 4 is 11.6 Å². The molecule has 1 aromatic heterocycles. The summed E-state index contributed by atoms with van der Waals surface area (Å²) in [5, 5.41) is 9.84. The molecule has 27 heavy (non-hydrogen) atoms. The molecule has 0 bridgehead atoms. The Labute approximate surface area is 153 Å². The van der Waals surface area contributed by atoms with E-state index in [9.17, 15) is 13.6 Å². The number of rotatable bonds is 4. The Morgan fingerprint density at radius 3 is 2.78 bits per heavy atom. The number of anilines is 1. The zero-order valence-corrected chi connectivity index (χ0v) is 14.3. The molecule has 1 amide bonds. The van der Waals surface area contributed by atoms with Crippen LogP contribution < -0.4 is 14.8 Å². The van der Waals surface area contributed by atoms with E-state index >= 15 is 0 Å². The van der Waals surface area contributed by atoms with Crippen molar-refractivity contribution in [1.82, 2.24) is 10.2 Å². The highest BCUT2D eigenvalue weighted by Crippen LogP contribution is 2.38. The van der Waals surface area contributed by atoms with Crippen LogP contribution in [0.25, 0.3) is 11.3 Å². The van der Waals surface area contributed by atoms with Gasteiger partial charge in [-0.15, -0.1) is 0 Å². The summed E-state index contributed by atoms with van der Waals surface area (Å²) >= 11 is 0. The van der Waals surface area contributed by atoms with Crippen molar-refractivity contribution in [3.05, 3.63) is 59.3 Å². The molecule has 3 aromatic rings. The summed E-state index contributed by atoms with van der Waals surface area (Å²) in [4.78, 5) is 12.5. The standard InChI is InChI=1S/C19H15F2N3O3/c1-2-14-18(22-19(25)12-5-4-11(20)8-13(12)21)17(24-23-14)10-3-6-15-16(7-10)27-9-26-15/h3-8H,2,9H2,1H3,(H,22,25)(H,23,24). The lowest BCUT2D eigenvalue weighted by Crippen LogP contribution is -2.15. The van der Waals surface area contributed by atoms with Gasteiger partial charge in [0.1, 0.15) is 17.3 Å². The molecule has 1 aliphatic heterocycles. The van der Waals surface area contributed by atoms with Crippen molar-refractivity contribution in [2.24, 2.45) is 0 Å². The van der Waals surface area contributed by atoms with E-state index in [-0.39, 0.29) is 12.4 Å². The van der Waals surface area contributed by atoms with Gasteiger partial charge in [0.15, 0.2) is 11.5 Å². The highest BCUT2D eigenvalue weighted by molar-refractivity contribution is 6.06. The van der Waals surface area contributed by atoms with E-state index in [1.807, 2.05) is 6.92 Å². The fourth-order valence-electron chi connectivity index (χ4n) is 2.88. The number of ether oxygens (including phenoxy) is 2. The third-order valence-corrected chi connectivity index (χ3v) is 4.26. The lowest BCUT2D eigenvalue weighted by Gasteiger charge is -2.09. The van der Waals surface area contributed by atoms with Crippen LogP contribution in [0.2, 0.25) is 0 Å². The molecule has 0 radical (unpaired) electrons. The van der Waals surface area contributed by atoms with Crippen LogP contribution >= 0.6 is 0 Å². The van der Waals surface area contributed by atoms with Gasteiger partial charge in [-0.25, -0.2) is 8.78 Å². The fraction of sp³-hybridized carbons (Fsp3) is 0.158. The van der Waals surface area contributed by atoms with Crippen molar-refractivity contribution in [3.8, 4) is 22.8 Å². The van der Waals surface area contributed by atoms with Crippen molar-refractivity contribution in [3.63, 3.8) is 0 Å². The molecule has 0 fully saturated rings. The molecule has 2 heterocycles. The monoisotopic (exact) mass is 371 g/mol. The van der Waals surface area contributed by atoms with Gasteiger partial charge in [-0.2, -0.15) is 5.10 Å². The summed E-state index contributed by atoms with van der Waals surface area (Å²) in [5.74, 6) is -1.16. The quantitative estimate of drug-likeness (QED) is 0.729. The Balaban J connectivity index is 1.70. The van der Waals surface area contributed by atoms with Crippen LogP contribution in [-0.2, 0) is 6.42 Å². The number of nitrogens with one attached hydrogen (secondary N) is 2. The molecule has 0 spiro atoms. The van der Waals surface area contributed by atoms with Crippen molar-refractivity contribution in [1.29, 1.82) is 0 Å². The molecule has 0 aliphatic carbocycles. The maximum absolute atomic E-state index is 13.9. The summed E-state index contributed by atoms with van der Waals surface area (Å²) < 4.78 is 37.7. The van der Waals surface area contributed by atoms with Gasteiger partial charge in [0, 0.05) is 11.6 Å². The number of aryl methyl sites for hydroxylation is 1. The zero-order valence-electron chi connectivity index (χ0n) is 14.3. The van der Waals surface area contributed by atoms with Gasteiger partial charge < -0.3 is 14.8 Å². The number of carbonyl (C=O) groups excluding carboxylic acids is 1. The number of aromatic nitrogens is 2. The van der Waals surface area contributed by atoms with Gasteiger partial charge >= 0.3 is 0 Å². The van der Waals surface area contributed by atoms with Crippen molar-refractivity contribution in [2.75, 3.05) is 12.1 Å². The first-order valence-corrected chi connectivity index (χ1v) is 8.30. The number of halogens is 2. The average Bonchev–Trinajstić information content (AvgIpc) is 3.27. The van der Waals surface area contributed by atoms with Crippen LogP contribution in [0.1, 0.15) is 23.0 Å². The summed E-state index contributed by atoms with van der Waals surface area (Å²) in [5.41, 5.74) is 2.05. The van der Waals surface area contributed by atoms with Gasteiger partial charge in [-0.05, 0) is 36.8 Å². The maximum Gasteiger partial charge on any atom is 0.258 e. The van der Waals surface area contributed by atoms with Crippen molar-refractivity contribution < 1.29 is 23.0 Å². The lowest BCUT2D eigenvalue weighted by atomic mass is 10.1. The van der Waals surface area contributed by atoms with Crippen LogP contribution in [0.4, 0.5) is 14.5 Å². The molecule has 2 aromatic carbocycles. The topological polar surface area (TPSA) is 76.2 Å². The molecule has 0 saturated heterocycles. The van der Waals surface area contributed by atoms with Crippen LogP contribution in [0, 0.1) is 11.6 Å². The Bertz CT molecular complexity index is 1030. The number of fused-ring (bicyclic) bond motifs is 1. The number of amides is 1. The van der Waals surface area contributed by atoms with Gasteiger partial charge in [0.05, 0.1) is 16.9 Å². The Morgan fingerprint density at radius 2 is 2.00 bits per heavy atom. The largest absolute Gasteiger partial charge is 0.454 e. The van der Waals surface area contributed by atoms with Gasteiger partial charge in [0.25, 0.3) is 5.91 Å². The molecular weight excluding hydrogens is 356 g/mol. The van der Waals surface area contributed by atoms with Crippen molar-refractivity contribution in [2.45, 2.75) is 13.3 Å². The highest BCUT2D eigenvalue weighted by Gasteiger charge is 2.21. The van der Waals surface area contributed by atoms with E-state index in [4.69, 9.17) is 9.47 Å². The summed E-state index contributed by atoms with van der Waals surface area (Å²) in [7, 11) is 0. The molecule has 138 valence electrons. The zero-order chi connectivity index (χ0) is 19.0. The van der Waals surface area contributed by atoms with E-state index in [2.05, 4.69) is 15.5 Å². The Kier molecular flexibility index (Phi) is 4.23. The normalized spacial score (nSPS) is 12.3. The van der Waals surface area contributed by atoms with Crippen LogP contribution in [0.5, 0.6) is 11.5 Å². The Morgan fingerprint density at radius 1 is 1.19 bits per heavy atom. The minimum absolute atomic E-state index is 0.146. The predicted molar refractivity (Wildman–Crippen MR) is 93.8 cm³/mol. The first-order valence-electron chi connectivity index (χ1n) is 8.30. The minimum atomic E-state index is -0.932. The number of aromatic amines is 1. The molecule has 1 aliphatic rings. The molecule has 0 saturated carbocycles. The molecule has 0 unspecified atom stereocenters. The summed E-state index contributed by atoms with van der Waals surface area (Å²) in [6.45, 7) is 2.04. The molecule has 8 heteroatoms. The predicted octanol–water partition coefficient (Wildman–Crippen LogP) is 3.90. The van der Waals surface area contributed by atoms with Gasteiger partial charge in [-0.3, -0.25) is 9.89 Å². The number of hydrogen-bond donors (Lipinski definition) is 2. The van der Waals surface area contributed by atoms with E-state index in [1.54, 1.807) is 18.2 Å². The molecular formula is C19H15F2N3O3. The smallest absolute Gasteiger partial charge is 0.258 e. The molecule has 2 N–H and O–H groups in total. The number of nitrogens with zero attached hydrogens (tertiary/aromatic N) is 1. The van der Waals surface area contributed by atoms with E-state index in [0.29, 0.717) is 46.6 Å². The van der Waals surface area contributed by atoms with E-state index in [1.165, 1.54) is 0 Å². The van der Waals surface area contributed by atoms with E-state index < -0.39 is 17.5 Å². The highest BCUT2D eigenvalue weighted by atomic mass is 19.1. The lowest BCUT2D eigenvalue weighted by molar-refractivity contribution is 0.102. The van der Waals surface area contributed by atoms with E-state index in [0.717, 1.165) is 12.1 Å². The third-order valence-electron chi connectivity index (χ3n) is 4.26. The average molecular weight is 371 g/mol. The molecule has 6 nitrogen and oxygen atoms in total. The summed E-state index contributed by atoms with van der Waals surface area (Å²) in [6, 6.07) is 8.11. The van der Waals surface area contributed by atoms with Gasteiger partial charge in [0.2, 0.25) is 6.79 Å². The molecule has 4 rings (SSSR count).